The number of H-pyrrole nitrogens is 1. The summed E-state index contributed by atoms with van der Waals surface area (Å²) in [6.45, 7) is 6.71. The highest BCUT2D eigenvalue weighted by atomic mass is 35.5. The van der Waals surface area contributed by atoms with Gasteiger partial charge in [-0.3, -0.25) is 9.69 Å². The number of aromatic nitrogens is 2. The molecule has 0 unspecified atom stereocenters. The SMILES string of the molecule is CCc1ccc(S(=O)(=O)NC(=O)c2ccc(N3CCN(CC4=C(c5ccc(Cl)cc5)CNCC4)CC3)cc2Oc2cnc3[nH]ccc3c2)cc1S(=O)(=O)C(F)(F)F. The van der Waals surface area contributed by atoms with Gasteiger partial charge in [-0.05, 0) is 90.2 Å². The maximum atomic E-state index is 13.7. The minimum Gasteiger partial charge on any atom is -0.455 e. The third-order valence-electron chi connectivity index (χ3n) is 10.0. The van der Waals surface area contributed by atoms with Crippen LogP contribution in [0.4, 0.5) is 18.9 Å². The monoisotopic (exact) mass is 842 g/mol. The second-order valence-electron chi connectivity index (χ2n) is 13.7. The lowest BCUT2D eigenvalue weighted by molar-refractivity contribution is -0.0436. The van der Waals surface area contributed by atoms with Crippen molar-refractivity contribution in [2.24, 2.45) is 0 Å². The third kappa shape index (κ3) is 8.67. The first kappa shape index (κ1) is 40.3. The lowest BCUT2D eigenvalue weighted by Gasteiger charge is -2.37. The predicted octanol–water partition coefficient (Wildman–Crippen LogP) is 6.55. The fraction of sp³-hybridized carbons (Fsp3) is 0.282. The van der Waals surface area contributed by atoms with Gasteiger partial charge < -0.3 is 19.9 Å². The van der Waals surface area contributed by atoms with Gasteiger partial charge in [0.2, 0.25) is 0 Å². The van der Waals surface area contributed by atoms with Crippen LogP contribution in [0.25, 0.3) is 16.6 Å². The summed E-state index contributed by atoms with van der Waals surface area (Å²) in [5, 5.41) is 4.87. The van der Waals surface area contributed by atoms with Crippen LogP contribution in [-0.4, -0.2) is 88.9 Å². The number of alkyl halides is 3. The number of aromatic amines is 1. The number of amides is 1. The summed E-state index contributed by atoms with van der Waals surface area (Å²) in [7, 11) is -10.8. The lowest BCUT2D eigenvalue weighted by atomic mass is 9.94. The Kier molecular flexibility index (Phi) is 11.4. The molecule has 0 atom stereocenters. The van der Waals surface area contributed by atoms with Gasteiger partial charge in [-0.15, -0.1) is 0 Å². The fourth-order valence-corrected chi connectivity index (χ4v) is 9.26. The van der Waals surface area contributed by atoms with Gasteiger partial charge in [-0.2, -0.15) is 13.2 Å². The van der Waals surface area contributed by atoms with E-state index >= 15 is 0 Å². The Morgan fingerprint density at radius 1 is 0.965 bits per heavy atom. The molecule has 2 aliphatic rings. The van der Waals surface area contributed by atoms with Crippen LogP contribution in [0.1, 0.15) is 34.8 Å². The topological polar surface area (TPSA) is 154 Å². The number of halogens is 4. The van der Waals surface area contributed by atoms with Gasteiger partial charge in [-0.1, -0.05) is 36.7 Å². The standard InChI is InChI=1S/C39H38ClF3N6O6S2/c1-2-25-5-9-32(21-36(25)56(51,52)39(41,42)43)57(53,54)47-38(50)33-10-8-30(20-35(33)55-31-19-27-12-14-45-37(27)46-22-31)49-17-15-48(16-18-49)24-28-11-13-44-23-34(28)26-3-6-29(40)7-4-26/h3-10,12,14,19-22,44H,2,11,13,15-18,23-24H2,1H3,(H,45,46)(H,47,50). The van der Waals surface area contributed by atoms with Crippen LogP contribution in [0.2, 0.25) is 5.02 Å². The number of rotatable bonds is 11. The summed E-state index contributed by atoms with van der Waals surface area (Å²) in [6.07, 6.45) is 3.95. The molecule has 0 spiro atoms. The first-order chi connectivity index (χ1) is 27.1. The predicted molar refractivity (Wildman–Crippen MR) is 211 cm³/mol. The molecule has 0 aliphatic carbocycles. The Morgan fingerprint density at radius 2 is 1.72 bits per heavy atom. The number of sulfonamides is 1. The number of sulfone groups is 1. The Labute approximate surface area is 332 Å². The molecule has 3 N–H and O–H groups in total. The summed E-state index contributed by atoms with van der Waals surface area (Å²) in [5.41, 5.74) is -1.01. The molecule has 1 fully saturated rings. The molecular weight excluding hydrogens is 805 g/mol. The van der Waals surface area contributed by atoms with Crippen molar-refractivity contribution in [3.8, 4) is 11.5 Å². The fourth-order valence-electron chi connectivity index (χ4n) is 6.98. The lowest BCUT2D eigenvalue weighted by Crippen LogP contribution is -2.47. The number of carbonyl (C=O) groups is 1. The first-order valence-electron chi connectivity index (χ1n) is 18.0. The quantitative estimate of drug-likeness (QED) is 0.133. The maximum absolute atomic E-state index is 13.7. The van der Waals surface area contributed by atoms with Crippen LogP contribution in [0.15, 0.2) is 101 Å². The van der Waals surface area contributed by atoms with Crippen molar-refractivity contribution in [1.82, 2.24) is 24.9 Å². The number of hydrogen-bond donors (Lipinski definition) is 3. The molecule has 1 saturated heterocycles. The van der Waals surface area contributed by atoms with Gasteiger partial charge >= 0.3 is 5.51 Å². The largest absolute Gasteiger partial charge is 0.501 e. The second-order valence-corrected chi connectivity index (χ2v) is 17.7. The van der Waals surface area contributed by atoms with E-state index in [0.29, 0.717) is 35.5 Å². The van der Waals surface area contributed by atoms with Crippen molar-refractivity contribution in [1.29, 1.82) is 0 Å². The average Bonchev–Trinajstić information content (AvgIpc) is 3.66. The van der Waals surface area contributed by atoms with Gasteiger partial charge in [0.1, 0.15) is 17.1 Å². The van der Waals surface area contributed by atoms with Crippen molar-refractivity contribution >= 4 is 59.7 Å². The highest BCUT2D eigenvalue weighted by molar-refractivity contribution is 7.92. The number of pyridine rings is 1. The molecule has 4 heterocycles. The Morgan fingerprint density at radius 3 is 2.44 bits per heavy atom. The molecule has 300 valence electrons. The number of piperazine rings is 1. The van der Waals surface area contributed by atoms with E-state index in [4.69, 9.17) is 16.3 Å². The zero-order valence-electron chi connectivity index (χ0n) is 30.6. The van der Waals surface area contributed by atoms with E-state index in [1.807, 2.05) is 29.0 Å². The highest BCUT2D eigenvalue weighted by Crippen LogP contribution is 2.35. The Hall–Kier alpha value is -4.94. The van der Waals surface area contributed by atoms with Gasteiger partial charge in [0.25, 0.3) is 25.8 Å². The number of hydrogen-bond acceptors (Lipinski definition) is 10. The molecule has 18 heteroatoms. The molecule has 0 saturated carbocycles. The number of carbonyl (C=O) groups excluding carboxylic acids is 1. The van der Waals surface area contributed by atoms with Crippen LogP contribution >= 0.6 is 11.6 Å². The summed E-state index contributed by atoms with van der Waals surface area (Å²) in [5.74, 6) is -0.901. The molecule has 3 aromatic carbocycles. The van der Waals surface area contributed by atoms with Crippen LogP contribution in [-0.2, 0) is 26.3 Å². The van der Waals surface area contributed by atoms with E-state index in [2.05, 4.69) is 25.1 Å². The molecular formula is C39H38ClF3N6O6S2. The van der Waals surface area contributed by atoms with Crippen LogP contribution in [0.3, 0.4) is 0 Å². The number of nitrogens with one attached hydrogen (secondary N) is 3. The Bertz CT molecular complexity index is 2570. The molecule has 57 heavy (non-hydrogen) atoms. The van der Waals surface area contributed by atoms with Crippen LogP contribution in [0.5, 0.6) is 11.5 Å². The first-order valence-corrected chi connectivity index (χ1v) is 21.4. The van der Waals surface area contributed by atoms with Crippen molar-refractivity contribution < 1.29 is 39.5 Å². The molecule has 0 radical (unpaired) electrons. The molecule has 5 aromatic rings. The molecule has 7 rings (SSSR count). The maximum Gasteiger partial charge on any atom is 0.501 e. The van der Waals surface area contributed by atoms with E-state index in [9.17, 15) is 34.8 Å². The van der Waals surface area contributed by atoms with E-state index in [1.165, 1.54) is 30.3 Å². The Balaban J connectivity index is 1.13. The molecule has 2 aromatic heterocycles. The van der Waals surface area contributed by atoms with E-state index in [-0.39, 0.29) is 29.0 Å². The second kappa shape index (κ2) is 16.1. The number of aryl methyl sites for hydroxylation is 1. The summed E-state index contributed by atoms with van der Waals surface area (Å²) in [6, 6.07) is 18.4. The number of fused-ring (bicyclic) bond motifs is 1. The minimum atomic E-state index is -5.90. The molecule has 2 aliphatic heterocycles. The van der Waals surface area contributed by atoms with Crippen molar-refractivity contribution in [3.05, 3.63) is 112 Å². The number of ether oxygens (including phenoxy) is 1. The summed E-state index contributed by atoms with van der Waals surface area (Å²) >= 11 is 6.14. The van der Waals surface area contributed by atoms with E-state index < -0.39 is 41.1 Å². The average molecular weight is 843 g/mol. The highest BCUT2D eigenvalue weighted by Gasteiger charge is 2.48. The van der Waals surface area contributed by atoms with Gasteiger partial charge in [0.05, 0.1) is 21.6 Å². The number of benzene rings is 3. The summed E-state index contributed by atoms with van der Waals surface area (Å²) in [4.78, 5) is 23.5. The van der Waals surface area contributed by atoms with Crippen molar-refractivity contribution in [3.63, 3.8) is 0 Å². The minimum absolute atomic E-state index is 0.00606. The van der Waals surface area contributed by atoms with E-state index in [1.54, 1.807) is 30.5 Å². The van der Waals surface area contributed by atoms with Crippen LogP contribution < -0.4 is 19.7 Å². The van der Waals surface area contributed by atoms with Crippen molar-refractivity contribution in [2.45, 2.75) is 35.1 Å². The smallest absolute Gasteiger partial charge is 0.455 e. The van der Waals surface area contributed by atoms with Crippen molar-refractivity contribution in [2.75, 3.05) is 50.7 Å². The third-order valence-corrected chi connectivity index (χ3v) is 13.2. The number of anilines is 1. The van der Waals surface area contributed by atoms with Gasteiger partial charge in [-0.25, -0.2) is 26.5 Å². The summed E-state index contributed by atoms with van der Waals surface area (Å²) < 4.78 is 100. The molecule has 12 nitrogen and oxygen atoms in total. The number of nitrogens with zero attached hydrogens (tertiary/aromatic N) is 3. The zero-order chi connectivity index (χ0) is 40.5. The van der Waals surface area contributed by atoms with Gasteiger partial charge in [0, 0.05) is 67.6 Å². The normalized spacial score (nSPS) is 15.9. The molecule has 1 amide bonds. The van der Waals surface area contributed by atoms with E-state index in [0.717, 1.165) is 62.2 Å². The van der Waals surface area contributed by atoms with Gasteiger partial charge in [0.15, 0.2) is 0 Å². The molecule has 0 bridgehead atoms. The van der Waals surface area contributed by atoms with Crippen LogP contribution in [0, 0.1) is 0 Å². The zero-order valence-corrected chi connectivity index (χ0v) is 33.0.